The number of furan rings is 1. The van der Waals surface area contributed by atoms with Crippen LogP contribution >= 0.6 is 0 Å². The summed E-state index contributed by atoms with van der Waals surface area (Å²) >= 11 is 0. The van der Waals surface area contributed by atoms with Crippen LogP contribution in [0.2, 0.25) is 0 Å². The summed E-state index contributed by atoms with van der Waals surface area (Å²) in [7, 11) is 1.82. The molecule has 0 spiro atoms. The van der Waals surface area contributed by atoms with E-state index in [1.807, 2.05) is 31.0 Å². The van der Waals surface area contributed by atoms with Crippen LogP contribution in [0.5, 0.6) is 0 Å². The second-order valence-corrected chi connectivity index (χ2v) is 7.75. The molecule has 0 unspecified atom stereocenters. The molecule has 25 heavy (non-hydrogen) atoms. The third-order valence-electron chi connectivity index (χ3n) is 5.62. The average molecular weight is 346 g/mol. The Labute approximate surface area is 150 Å². The van der Waals surface area contributed by atoms with E-state index in [1.165, 1.54) is 32.1 Å². The molecule has 1 saturated carbocycles. The number of hydrogen-bond donors (Lipinski definition) is 0. The molecule has 0 radical (unpaired) electrons. The van der Waals surface area contributed by atoms with Crippen molar-refractivity contribution in [3.05, 3.63) is 23.7 Å². The largest absolute Gasteiger partial charge is 0.464 e. The number of rotatable bonds is 5. The van der Waals surface area contributed by atoms with Crippen molar-refractivity contribution in [3.63, 3.8) is 0 Å². The fraction of sp³-hybridized carbons (Fsp3) is 0.700. The van der Waals surface area contributed by atoms with E-state index >= 15 is 0 Å². The molecule has 1 aliphatic heterocycles. The van der Waals surface area contributed by atoms with E-state index in [0.29, 0.717) is 31.8 Å². The molecule has 1 aliphatic carbocycles. The Bertz CT molecular complexity index is 604. The Morgan fingerprint density at radius 1 is 1.24 bits per heavy atom. The molecule has 0 N–H and O–H groups in total. The van der Waals surface area contributed by atoms with Crippen molar-refractivity contribution >= 4 is 11.8 Å². The van der Waals surface area contributed by atoms with Crippen LogP contribution in [0.25, 0.3) is 0 Å². The summed E-state index contributed by atoms with van der Waals surface area (Å²) in [5.74, 6) is 2.55. The quantitative estimate of drug-likeness (QED) is 0.821. The normalized spacial score (nSPS) is 22.2. The first-order valence-electron chi connectivity index (χ1n) is 9.61. The van der Waals surface area contributed by atoms with Gasteiger partial charge in [-0.15, -0.1) is 0 Å². The maximum absolute atomic E-state index is 12.8. The average Bonchev–Trinajstić information content (AvgIpc) is 3.02. The van der Waals surface area contributed by atoms with Gasteiger partial charge in [0.05, 0.1) is 12.5 Å². The number of nitrogens with zero attached hydrogens (tertiary/aromatic N) is 2. The number of carbonyl (C=O) groups is 2. The van der Waals surface area contributed by atoms with Crippen LogP contribution in [0.15, 0.2) is 16.5 Å². The number of aryl methyl sites for hydroxylation is 1. The number of hydrogen-bond acceptors (Lipinski definition) is 3. The van der Waals surface area contributed by atoms with Crippen LogP contribution in [0, 0.1) is 18.8 Å². The van der Waals surface area contributed by atoms with Crippen molar-refractivity contribution in [3.8, 4) is 0 Å². The summed E-state index contributed by atoms with van der Waals surface area (Å²) in [6.07, 6.45) is 7.49. The lowest BCUT2D eigenvalue weighted by molar-refractivity contribution is -0.143. The van der Waals surface area contributed by atoms with Gasteiger partial charge in [0.1, 0.15) is 11.5 Å². The molecule has 0 aromatic carbocycles. The first-order chi connectivity index (χ1) is 12.0. The lowest BCUT2D eigenvalue weighted by Gasteiger charge is -2.36. The van der Waals surface area contributed by atoms with Crippen molar-refractivity contribution in [2.75, 3.05) is 20.1 Å². The molecule has 1 aromatic heterocycles. The highest BCUT2D eigenvalue weighted by Crippen LogP contribution is 2.27. The third kappa shape index (κ3) is 4.65. The summed E-state index contributed by atoms with van der Waals surface area (Å²) in [5, 5.41) is 0. The van der Waals surface area contributed by atoms with Gasteiger partial charge >= 0.3 is 0 Å². The molecule has 3 rings (SSSR count). The van der Waals surface area contributed by atoms with Gasteiger partial charge in [0.15, 0.2) is 0 Å². The first kappa shape index (κ1) is 18.0. The Balaban J connectivity index is 1.55. The fourth-order valence-corrected chi connectivity index (χ4v) is 4.17. The van der Waals surface area contributed by atoms with Gasteiger partial charge in [-0.1, -0.05) is 19.3 Å². The highest BCUT2D eigenvalue weighted by atomic mass is 16.3. The Morgan fingerprint density at radius 2 is 2.00 bits per heavy atom. The lowest BCUT2D eigenvalue weighted by Crippen LogP contribution is -2.47. The smallest absolute Gasteiger partial charge is 0.227 e. The highest BCUT2D eigenvalue weighted by Gasteiger charge is 2.33. The minimum absolute atomic E-state index is 0.0812. The standard InChI is InChI=1S/C20H30N2O3/c1-15-8-10-18(25-15)14-21(2)20(24)17-9-11-19(23)22(13-17)12-16-6-4-3-5-7-16/h8,10,16-17H,3-7,9,11-14H2,1-2H3/t17-/m1/s1. The molecule has 0 bridgehead atoms. The minimum atomic E-state index is -0.0812. The molecule has 2 amide bonds. The van der Waals surface area contributed by atoms with E-state index in [4.69, 9.17) is 4.42 Å². The van der Waals surface area contributed by atoms with Crippen molar-refractivity contribution in [2.24, 2.45) is 11.8 Å². The highest BCUT2D eigenvalue weighted by molar-refractivity contribution is 5.83. The van der Waals surface area contributed by atoms with Gasteiger partial charge in [0, 0.05) is 26.6 Å². The molecule has 1 atom stereocenters. The Morgan fingerprint density at radius 3 is 2.68 bits per heavy atom. The van der Waals surface area contributed by atoms with Crippen LogP contribution in [0.1, 0.15) is 56.5 Å². The fourth-order valence-electron chi connectivity index (χ4n) is 4.17. The van der Waals surface area contributed by atoms with Gasteiger partial charge in [-0.2, -0.15) is 0 Å². The van der Waals surface area contributed by atoms with Gasteiger partial charge in [-0.05, 0) is 44.2 Å². The minimum Gasteiger partial charge on any atom is -0.464 e. The van der Waals surface area contributed by atoms with Crippen LogP contribution in [-0.4, -0.2) is 41.8 Å². The zero-order valence-electron chi connectivity index (χ0n) is 15.5. The molecule has 2 aliphatic rings. The predicted octanol–water partition coefficient (Wildman–Crippen LogP) is 3.37. The molecule has 138 valence electrons. The van der Waals surface area contributed by atoms with Crippen molar-refractivity contribution in [1.29, 1.82) is 0 Å². The summed E-state index contributed by atoms with van der Waals surface area (Å²) in [6.45, 7) is 3.81. The predicted molar refractivity (Wildman–Crippen MR) is 95.8 cm³/mol. The molecule has 2 heterocycles. The van der Waals surface area contributed by atoms with Crippen LogP contribution in [0.4, 0.5) is 0 Å². The maximum Gasteiger partial charge on any atom is 0.227 e. The molecule has 1 saturated heterocycles. The third-order valence-corrected chi connectivity index (χ3v) is 5.62. The van der Waals surface area contributed by atoms with E-state index in [0.717, 1.165) is 18.1 Å². The van der Waals surface area contributed by atoms with E-state index in [9.17, 15) is 9.59 Å². The molecular weight excluding hydrogens is 316 g/mol. The molecule has 2 fully saturated rings. The second kappa shape index (κ2) is 8.07. The summed E-state index contributed by atoms with van der Waals surface area (Å²) in [5.41, 5.74) is 0. The summed E-state index contributed by atoms with van der Waals surface area (Å²) < 4.78 is 5.57. The first-order valence-corrected chi connectivity index (χ1v) is 9.61. The van der Waals surface area contributed by atoms with Gasteiger partial charge in [0.25, 0.3) is 0 Å². The zero-order chi connectivity index (χ0) is 17.8. The van der Waals surface area contributed by atoms with Crippen molar-refractivity contribution in [2.45, 2.75) is 58.4 Å². The number of likely N-dealkylation sites (tertiary alicyclic amines) is 1. The molecular formula is C20H30N2O3. The lowest BCUT2D eigenvalue weighted by atomic mass is 9.87. The Kier molecular flexibility index (Phi) is 5.82. The van der Waals surface area contributed by atoms with Gasteiger partial charge < -0.3 is 14.2 Å². The summed E-state index contributed by atoms with van der Waals surface area (Å²) in [6, 6.07) is 3.83. The maximum atomic E-state index is 12.8. The van der Waals surface area contributed by atoms with E-state index in [1.54, 1.807) is 4.90 Å². The molecule has 5 nitrogen and oxygen atoms in total. The SMILES string of the molecule is Cc1ccc(CN(C)C(=O)[C@@H]2CCC(=O)N(CC3CCCCC3)C2)o1. The number of piperidine rings is 1. The van der Waals surface area contributed by atoms with Crippen LogP contribution in [-0.2, 0) is 16.1 Å². The van der Waals surface area contributed by atoms with Crippen molar-refractivity contribution < 1.29 is 14.0 Å². The van der Waals surface area contributed by atoms with Gasteiger partial charge in [0.2, 0.25) is 11.8 Å². The monoisotopic (exact) mass is 346 g/mol. The van der Waals surface area contributed by atoms with Gasteiger partial charge in [-0.25, -0.2) is 0 Å². The van der Waals surface area contributed by atoms with Crippen LogP contribution in [0.3, 0.4) is 0 Å². The molecule has 5 heteroatoms. The van der Waals surface area contributed by atoms with Gasteiger partial charge in [-0.3, -0.25) is 9.59 Å². The number of amides is 2. The van der Waals surface area contributed by atoms with E-state index < -0.39 is 0 Å². The topological polar surface area (TPSA) is 53.8 Å². The van der Waals surface area contributed by atoms with Crippen LogP contribution < -0.4 is 0 Å². The molecule has 1 aromatic rings. The summed E-state index contributed by atoms with van der Waals surface area (Å²) in [4.78, 5) is 28.8. The van der Waals surface area contributed by atoms with E-state index in [-0.39, 0.29) is 17.7 Å². The van der Waals surface area contributed by atoms with E-state index in [2.05, 4.69) is 0 Å². The zero-order valence-corrected chi connectivity index (χ0v) is 15.5. The second-order valence-electron chi connectivity index (χ2n) is 7.75. The Hall–Kier alpha value is -1.78. The van der Waals surface area contributed by atoms with Crippen molar-refractivity contribution in [1.82, 2.24) is 9.80 Å². The number of carbonyl (C=O) groups excluding carboxylic acids is 2.